The van der Waals surface area contributed by atoms with Crippen LogP contribution in [0.1, 0.15) is 34.7 Å². The molecule has 0 radical (unpaired) electrons. The lowest BCUT2D eigenvalue weighted by atomic mass is 10.1. The third kappa shape index (κ3) is 4.18. The Bertz CT molecular complexity index is 1410. The van der Waals surface area contributed by atoms with E-state index in [0.29, 0.717) is 5.69 Å². The molecule has 11 nitrogen and oxygen atoms in total. The zero-order valence-electron chi connectivity index (χ0n) is 18.7. The summed E-state index contributed by atoms with van der Waals surface area (Å²) in [7, 11) is 1.58. The number of rotatable bonds is 6. The van der Waals surface area contributed by atoms with Crippen molar-refractivity contribution in [3.05, 3.63) is 105 Å². The minimum Gasteiger partial charge on any atom is -0.333 e. The van der Waals surface area contributed by atoms with E-state index < -0.39 is 16.3 Å². The van der Waals surface area contributed by atoms with Crippen LogP contribution in [-0.2, 0) is 0 Å². The van der Waals surface area contributed by atoms with Crippen LogP contribution in [0, 0.1) is 17.0 Å². The van der Waals surface area contributed by atoms with Crippen LogP contribution in [0.3, 0.4) is 0 Å². The van der Waals surface area contributed by atoms with Crippen LogP contribution in [0.4, 0.5) is 5.69 Å². The molecule has 0 aliphatic rings. The minimum atomic E-state index is -0.592. The van der Waals surface area contributed by atoms with E-state index in [1.165, 1.54) is 40.2 Å². The van der Waals surface area contributed by atoms with E-state index in [0.717, 1.165) is 11.3 Å². The number of benzene rings is 2. The fraction of sp³-hybridized carbons (Fsp3) is 0.174. The molecule has 1 unspecified atom stereocenters. The van der Waals surface area contributed by atoms with Crippen LogP contribution in [-0.4, -0.2) is 47.3 Å². The Morgan fingerprint density at radius 1 is 1.15 bits per heavy atom. The highest BCUT2D eigenvalue weighted by Crippen LogP contribution is 2.24. The van der Waals surface area contributed by atoms with Crippen molar-refractivity contribution in [3.8, 4) is 11.4 Å². The first kappa shape index (κ1) is 22.5. The SMILES string of the molecule is Cc1cc(=O)c(C(=O)N(C)C(C)c2ccc(-n3cncn3)cc2)nn1-c1ccccc1[N+](=O)[O-]. The molecular formula is C23H21N7O4. The molecule has 11 heteroatoms. The van der Waals surface area contributed by atoms with Crippen LogP contribution < -0.4 is 5.43 Å². The van der Waals surface area contributed by atoms with E-state index in [1.807, 2.05) is 31.2 Å². The number of carbonyl (C=O) groups is 1. The summed E-state index contributed by atoms with van der Waals surface area (Å²) in [5.74, 6) is -0.592. The summed E-state index contributed by atoms with van der Waals surface area (Å²) in [4.78, 5) is 42.2. The molecule has 4 aromatic rings. The second kappa shape index (κ2) is 9.06. The summed E-state index contributed by atoms with van der Waals surface area (Å²) in [5.41, 5.74) is 1.12. The van der Waals surface area contributed by atoms with Crippen molar-refractivity contribution in [2.75, 3.05) is 7.05 Å². The van der Waals surface area contributed by atoms with Gasteiger partial charge in [0.1, 0.15) is 18.3 Å². The normalized spacial score (nSPS) is 11.7. The zero-order chi connectivity index (χ0) is 24.4. The molecule has 0 aliphatic heterocycles. The van der Waals surface area contributed by atoms with Gasteiger partial charge in [-0.05, 0) is 37.6 Å². The lowest BCUT2D eigenvalue weighted by Gasteiger charge is -2.25. The van der Waals surface area contributed by atoms with Crippen LogP contribution in [0.15, 0.2) is 72.0 Å². The number of aryl methyl sites for hydroxylation is 1. The third-order valence-corrected chi connectivity index (χ3v) is 5.58. The summed E-state index contributed by atoms with van der Waals surface area (Å²) in [6, 6.07) is 14.3. The molecule has 2 heterocycles. The molecule has 0 spiro atoms. The molecule has 2 aromatic carbocycles. The maximum absolute atomic E-state index is 13.2. The smallest absolute Gasteiger partial charge is 0.294 e. The van der Waals surface area contributed by atoms with Gasteiger partial charge in [-0.2, -0.15) is 10.2 Å². The van der Waals surface area contributed by atoms with Gasteiger partial charge in [-0.1, -0.05) is 24.3 Å². The van der Waals surface area contributed by atoms with Gasteiger partial charge in [0.05, 0.1) is 16.7 Å². The lowest BCUT2D eigenvalue weighted by Crippen LogP contribution is -2.35. The molecule has 0 N–H and O–H groups in total. The molecule has 172 valence electrons. The predicted octanol–water partition coefficient (Wildman–Crippen LogP) is 2.86. The number of amides is 1. The van der Waals surface area contributed by atoms with Crippen LogP contribution in [0.2, 0.25) is 0 Å². The summed E-state index contributed by atoms with van der Waals surface area (Å²) >= 11 is 0. The largest absolute Gasteiger partial charge is 0.333 e. The van der Waals surface area contributed by atoms with E-state index in [4.69, 9.17) is 0 Å². The van der Waals surface area contributed by atoms with Gasteiger partial charge in [-0.3, -0.25) is 19.7 Å². The van der Waals surface area contributed by atoms with Crippen molar-refractivity contribution >= 4 is 11.6 Å². The number of nitrogens with zero attached hydrogens (tertiary/aromatic N) is 7. The first-order valence-corrected chi connectivity index (χ1v) is 10.3. The fourth-order valence-electron chi connectivity index (χ4n) is 3.55. The Kier molecular flexibility index (Phi) is 6.00. The molecule has 0 saturated heterocycles. The summed E-state index contributed by atoms with van der Waals surface area (Å²) in [5, 5.41) is 19.8. The molecule has 2 aromatic heterocycles. The number of nitro groups is 1. The Labute approximate surface area is 194 Å². The summed E-state index contributed by atoms with van der Waals surface area (Å²) in [6.45, 7) is 3.43. The van der Waals surface area contributed by atoms with Gasteiger partial charge < -0.3 is 4.90 Å². The Morgan fingerprint density at radius 2 is 1.85 bits per heavy atom. The average Bonchev–Trinajstić information content (AvgIpc) is 3.38. The van der Waals surface area contributed by atoms with E-state index in [-0.39, 0.29) is 23.1 Å². The van der Waals surface area contributed by atoms with Gasteiger partial charge in [0, 0.05) is 24.9 Å². The van der Waals surface area contributed by atoms with E-state index >= 15 is 0 Å². The number of carbonyl (C=O) groups excluding carboxylic acids is 1. The second-order valence-electron chi connectivity index (χ2n) is 7.68. The maximum Gasteiger partial charge on any atom is 0.294 e. The van der Waals surface area contributed by atoms with Gasteiger partial charge >= 0.3 is 0 Å². The molecular weight excluding hydrogens is 438 g/mol. The third-order valence-electron chi connectivity index (χ3n) is 5.58. The Hall–Kier alpha value is -4.67. The van der Waals surface area contributed by atoms with Gasteiger partial charge in [-0.25, -0.2) is 14.3 Å². The molecule has 34 heavy (non-hydrogen) atoms. The van der Waals surface area contributed by atoms with Gasteiger partial charge in [0.25, 0.3) is 11.6 Å². The van der Waals surface area contributed by atoms with Crippen LogP contribution in [0.25, 0.3) is 11.4 Å². The van der Waals surface area contributed by atoms with Crippen molar-refractivity contribution in [2.45, 2.75) is 19.9 Å². The standard InChI is InChI=1S/C23H21N7O4/c1-15-12-21(31)22(26-29(15)19-6-4-5-7-20(19)30(33)34)23(32)27(3)16(2)17-8-10-18(11-9-17)28-14-24-13-25-28/h4-14,16H,1-3H3. The minimum absolute atomic E-state index is 0.165. The topological polar surface area (TPSA) is 129 Å². The highest BCUT2D eigenvalue weighted by molar-refractivity contribution is 5.92. The number of aromatic nitrogens is 5. The quantitative estimate of drug-likeness (QED) is 0.320. The zero-order valence-corrected chi connectivity index (χ0v) is 18.7. The maximum atomic E-state index is 13.2. The predicted molar refractivity (Wildman–Crippen MR) is 123 cm³/mol. The molecule has 1 amide bonds. The number of hydrogen-bond donors (Lipinski definition) is 0. The van der Waals surface area contributed by atoms with Crippen LogP contribution >= 0.6 is 0 Å². The fourth-order valence-corrected chi connectivity index (χ4v) is 3.55. The van der Waals surface area contributed by atoms with E-state index in [1.54, 1.807) is 31.0 Å². The van der Waals surface area contributed by atoms with Crippen molar-refractivity contribution in [1.29, 1.82) is 0 Å². The van der Waals surface area contributed by atoms with Gasteiger partial charge in [0.2, 0.25) is 5.43 Å². The van der Waals surface area contributed by atoms with Crippen molar-refractivity contribution in [2.24, 2.45) is 0 Å². The average molecular weight is 459 g/mol. The highest BCUT2D eigenvalue weighted by atomic mass is 16.6. The monoisotopic (exact) mass is 459 g/mol. The molecule has 4 rings (SSSR count). The van der Waals surface area contributed by atoms with Gasteiger partial charge in [0.15, 0.2) is 5.69 Å². The molecule has 0 fully saturated rings. The van der Waals surface area contributed by atoms with Gasteiger partial charge in [-0.15, -0.1) is 0 Å². The van der Waals surface area contributed by atoms with Crippen LogP contribution in [0.5, 0.6) is 0 Å². The first-order valence-electron chi connectivity index (χ1n) is 10.3. The number of hydrogen-bond acceptors (Lipinski definition) is 7. The van der Waals surface area contributed by atoms with Crippen molar-refractivity contribution in [3.63, 3.8) is 0 Å². The van der Waals surface area contributed by atoms with E-state index in [2.05, 4.69) is 15.2 Å². The lowest BCUT2D eigenvalue weighted by molar-refractivity contribution is -0.384. The summed E-state index contributed by atoms with van der Waals surface area (Å²) in [6.07, 6.45) is 3.02. The molecule has 1 atom stereocenters. The van der Waals surface area contributed by atoms with E-state index in [9.17, 15) is 19.7 Å². The second-order valence-corrected chi connectivity index (χ2v) is 7.68. The number of para-hydroxylation sites is 2. The van der Waals surface area contributed by atoms with Crippen molar-refractivity contribution in [1.82, 2.24) is 29.4 Å². The first-order chi connectivity index (χ1) is 16.3. The van der Waals surface area contributed by atoms with Crippen molar-refractivity contribution < 1.29 is 9.72 Å². The Morgan fingerprint density at radius 3 is 2.50 bits per heavy atom. The molecule has 0 saturated carbocycles. The summed E-state index contributed by atoms with van der Waals surface area (Å²) < 4.78 is 2.86. The molecule has 0 aliphatic carbocycles. The Balaban J connectivity index is 1.66. The number of nitro benzene ring substituents is 1. The molecule has 0 bridgehead atoms. The highest BCUT2D eigenvalue weighted by Gasteiger charge is 2.25.